The van der Waals surface area contributed by atoms with Crippen molar-refractivity contribution >= 4 is 25.0 Å². The zero-order chi connectivity index (χ0) is 6.69. The first kappa shape index (κ1) is 7.16. The molecule has 0 heterocycles. The number of hydrogen-bond acceptors (Lipinski definition) is 1. The number of benzene rings is 1. The average Bonchev–Trinajstić information content (AvgIpc) is 1.90. The second-order valence-corrected chi connectivity index (χ2v) is 3.49. The lowest BCUT2D eigenvalue weighted by Gasteiger charge is -1.92. The quantitative estimate of drug-likeness (QED) is 0.674. The fourth-order valence-electron chi connectivity index (χ4n) is 0.590. The van der Waals surface area contributed by atoms with Crippen molar-refractivity contribution in [1.82, 2.24) is 0 Å². The van der Waals surface area contributed by atoms with Crippen LogP contribution in [0.25, 0.3) is 0 Å². The first-order valence-electron chi connectivity index (χ1n) is 2.68. The summed E-state index contributed by atoms with van der Waals surface area (Å²) in [6, 6.07) is 8.39. The molecule has 0 fully saturated rings. The Bertz CT molecular complexity index is 181. The molecule has 2 heteroatoms. The number of halogens is 1. The Morgan fingerprint density at radius 1 is 1.22 bits per heavy atom. The van der Waals surface area contributed by atoms with Crippen molar-refractivity contribution in [3.8, 4) is 0 Å². The van der Waals surface area contributed by atoms with Crippen LogP contribution in [0.5, 0.6) is 0 Å². The molecule has 0 atom stereocenters. The predicted molar refractivity (Wildman–Crippen MR) is 46.0 cm³/mol. The highest BCUT2D eigenvalue weighted by Crippen LogP contribution is 2.23. The summed E-state index contributed by atoms with van der Waals surface area (Å²) in [6.45, 7) is 2.09. The van der Waals surface area contributed by atoms with Crippen LogP contribution in [0, 0.1) is 6.92 Å². The lowest BCUT2D eigenvalue weighted by Crippen LogP contribution is -1.68. The first-order chi connectivity index (χ1) is 4.33. The monoisotopic (exact) mass is 202 g/mol. The van der Waals surface area contributed by atoms with E-state index in [0.717, 1.165) is 0 Å². The molecule has 0 amide bonds. The number of rotatable bonds is 1. The minimum atomic E-state index is 1.25. The van der Waals surface area contributed by atoms with E-state index >= 15 is 0 Å². The molecule has 0 aliphatic heterocycles. The van der Waals surface area contributed by atoms with Gasteiger partial charge in [0.15, 0.2) is 0 Å². The van der Waals surface area contributed by atoms with Gasteiger partial charge in [-0.15, -0.1) is 0 Å². The Kier molecular flexibility index (Phi) is 2.61. The zero-order valence-electron chi connectivity index (χ0n) is 5.10. The minimum absolute atomic E-state index is 1.25. The molecule has 0 unspecified atom stereocenters. The Morgan fingerprint density at radius 3 is 2.22 bits per heavy atom. The molecule has 9 heavy (non-hydrogen) atoms. The summed E-state index contributed by atoms with van der Waals surface area (Å²) in [6.07, 6.45) is 0. The highest BCUT2D eigenvalue weighted by Gasteiger charge is 1.86. The molecule has 1 aromatic carbocycles. The Balaban J connectivity index is 2.88. The van der Waals surface area contributed by atoms with Crippen LogP contribution < -0.4 is 0 Å². The minimum Gasteiger partial charge on any atom is -0.0582 e. The standard InChI is InChI=1S/C7H7BrS/c1-6-2-4-7(9-8)5-3-6/h2-5H,1H3. The van der Waals surface area contributed by atoms with Crippen LogP contribution >= 0.6 is 25.0 Å². The third kappa shape index (κ3) is 2.03. The molecule has 0 aliphatic rings. The van der Waals surface area contributed by atoms with E-state index in [0.29, 0.717) is 0 Å². The van der Waals surface area contributed by atoms with Crippen LogP contribution in [-0.4, -0.2) is 0 Å². The summed E-state index contributed by atoms with van der Waals surface area (Å²) in [7, 11) is 1.59. The molecule has 0 aromatic heterocycles. The van der Waals surface area contributed by atoms with Gasteiger partial charge < -0.3 is 0 Å². The molecule has 48 valence electrons. The van der Waals surface area contributed by atoms with Crippen molar-refractivity contribution in [2.75, 3.05) is 0 Å². The van der Waals surface area contributed by atoms with Crippen molar-refractivity contribution in [2.45, 2.75) is 11.8 Å². The Labute approximate surface area is 66.9 Å². The van der Waals surface area contributed by atoms with E-state index < -0.39 is 0 Å². The maximum absolute atomic E-state index is 3.30. The van der Waals surface area contributed by atoms with Gasteiger partial charge in [0, 0.05) is 4.90 Å². The van der Waals surface area contributed by atoms with Crippen molar-refractivity contribution in [1.29, 1.82) is 0 Å². The second-order valence-electron chi connectivity index (χ2n) is 1.89. The van der Waals surface area contributed by atoms with Gasteiger partial charge in [-0.05, 0) is 44.1 Å². The molecule has 0 radical (unpaired) electrons. The van der Waals surface area contributed by atoms with E-state index in [-0.39, 0.29) is 0 Å². The number of aryl methyl sites for hydroxylation is 1. The summed E-state index contributed by atoms with van der Waals surface area (Å²) in [4.78, 5) is 1.25. The summed E-state index contributed by atoms with van der Waals surface area (Å²) in [5.41, 5.74) is 1.31. The topological polar surface area (TPSA) is 0 Å². The fourth-order valence-corrected chi connectivity index (χ4v) is 1.48. The third-order valence-corrected chi connectivity index (χ3v) is 2.68. The van der Waals surface area contributed by atoms with Gasteiger partial charge in [-0.2, -0.15) is 0 Å². The van der Waals surface area contributed by atoms with E-state index in [1.165, 1.54) is 10.5 Å². The largest absolute Gasteiger partial charge is 0.0582 e. The fraction of sp³-hybridized carbons (Fsp3) is 0.143. The summed E-state index contributed by atoms with van der Waals surface area (Å²) in [5, 5.41) is 0. The smallest absolute Gasteiger partial charge is 0.0188 e. The normalized spacial score (nSPS) is 9.56. The molecule has 0 saturated carbocycles. The lowest BCUT2D eigenvalue weighted by atomic mass is 10.2. The van der Waals surface area contributed by atoms with Gasteiger partial charge in [0.2, 0.25) is 0 Å². The van der Waals surface area contributed by atoms with Crippen LogP contribution in [0.1, 0.15) is 5.56 Å². The Morgan fingerprint density at radius 2 is 1.78 bits per heavy atom. The molecule has 0 nitrogen and oxygen atoms in total. The van der Waals surface area contributed by atoms with Crippen molar-refractivity contribution in [2.24, 2.45) is 0 Å². The molecular weight excluding hydrogens is 196 g/mol. The molecule has 0 N–H and O–H groups in total. The average molecular weight is 203 g/mol. The summed E-state index contributed by atoms with van der Waals surface area (Å²) >= 11 is 3.30. The van der Waals surface area contributed by atoms with Gasteiger partial charge in [-0.1, -0.05) is 17.7 Å². The lowest BCUT2D eigenvalue weighted by molar-refractivity contribution is 1.39. The molecule has 0 spiro atoms. The van der Waals surface area contributed by atoms with Crippen LogP contribution in [0.4, 0.5) is 0 Å². The first-order valence-corrected chi connectivity index (χ1v) is 5.34. The molecular formula is C7H7BrS. The van der Waals surface area contributed by atoms with Crippen molar-refractivity contribution in [3.63, 3.8) is 0 Å². The van der Waals surface area contributed by atoms with Gasteiger partial charge in [-0.3, -0.25) is 0 Å². The predicted octanol–water partition coefficient (Wildman–Crippen LogP) is 3.40. The summed E-state index contributed by atoms with van der Waals surface area (Å²) in [5.74, 6) is 0. The second kappa shape index (κ2) is 3.28. The van der Waals surface area contributed by atoms with Crippen molar-refractivity contribution < 1.29 is 0 Å². The Hall–Kier alpha value is 0.0500. The van der Waals surface area contributed by atoms with Crippen LogP contribution in [-0.2, 0) is 0 Å². The maximum Gasteiger partial charge on any atom is 0.0188 e. The van der Waals surface area contributed by atoms with Gasteiger partial charge in [0.1, 0.15) is 0 Å². The number of hydrogen-bond donors (Lipinski definition) is 0. The third-order valence-electron chi connectivity index (χ3n) is 1.11. The van der Waals surface area contributed by atoms with Crippen LogP contribution in [0.3, 0.4) is 0 Å². The maximum atomic E-state index is 3.30. The molecule has 0 aliphatic carbocycles. The zero-order valence-corrected chi connectivity index (χ0v) is 7.50. The van der Waals surface area contributed by atoms with Crippen molar-refractivity contribution in [3.05, 3.63) is 29.8 Å². The van der Waals surface area contributed by atoms with E-state index in [1.807, 2.05) is 0 Å². The van der Waals surface area contributed by atoms with Gasteiger partial charge in [0.25, 0.3) is 0 Å². The van der Waals surface area contributed by atoms with Crippen LogP contribution in [0.2, 0.25) is 0 Å². The molecule has 1 rings (SSSR count). The van der Waals surface area contributed by atoms with E-state index in [2.05, 4.69) is 46.0 Å². The molecule has 0 bridgehead atoms. The highest BCUT2D eigenvalue weighted by molar-refractivity contribution is 9.50. The molecule has 0 saturated heterocycles. The van der Waals surface area contributed by atoms with Crippen LogP contribution in [0.15, 0.2) is 29.2 Å². The van der Waals surface area contributed by atoms with Gasteiger partial charge in [-0.25, -0.2) is 0 Å². The summed E-state index contributed by atoms with van der Waals surface area (Å²) < 4.78 is 0. The van der Waals surface area contributed by atoms with E-state index in [1.54, 1.807) is 10.2 Å². The highest BCUT2D eigenvalue weighted by atomic mass is 79.9. The van der Waals surface area contributed by atoms with Gasteiger partial charge in [0.05, 0.1) is 0 Å². The van der Waals surface area contributed by atoms with Gasteiger partial charge >= 0.3 is 0 Å². The van der Waals surface area contributed by atoms with E-state index in [9.17, 15) is 0 Å². The SMILES string of the molecule is Cc1ccc(SBr)cc1. The van der Waals surface area contributed by atoms with E-state index in [4.69, 9.17) is 0 Å². The molecule has 1 aromatic rings.